The first-order chi connectivity index (χ1) is 16.4. The topological polar surface area (TPSA) is 83.9 Å². The van der Waals surface area contributed by atoms with Gasteiger partial charge < -0.3 is 24.8 Å². The number of nitrogens with one attached hydrogen (secondary N) is 1. The molecule has 7 nitrogen and oxygen atoms in total. The number of pyridine rings is 1. The van der Waals surface area contributed by atoms with Crippen LogP contribution in [0.5, 0.6) is 11.5 Å². The van der Waals surface area contributed by atoms with E-state index >= 15 is 0 Å². The van der Waals surface area contributed by atoms with Gasteiger partial charge in [-0.3, -0.25) is 4.98 Å². The normalized spacial score (nSPS) is 11.4. The first kappa shape index (κ1) is 26.4. The van der Waals surface area contributed by atoms with E-state index in [0.717, 1.165) is 36.6 Å². The molecule has 3 aromatic rings. The fourth-order valence-corrected chi connectivity index (χ4v) is 3.32. The van der Waals surface area contributed by atoms with Crippen molar-refractivity contribution in [2.75, 3.05) is 38.0 Å². The maximum Gasteiger partial charge on any atom is 0.337 e. The zero-order valence-electron chi connectivity index (χ0n) is 20.3. The van der Waals surface area contributed by atoms with Gasteiger partial charge in [0.2, 0.25) is 0 Å². The summed E-state index contributed by atoms with van der Waals surface area (Å²) < 4.78 is 24.2. The summed E-state index contributed by atoms with van der Waals surface area (Å²) in [5.74, 6) is -0.117. The number of methoxy groups -OCH3 is 1. The van der Waals surface area contributed by atoms with E-state index in [1.54, 1.807) is 19.2 Å². The molecule has 0 saturated carbocycles. The van der Waals surface area contributed by atoms with Gasteiger partial charge in [0.25, 0.3) is 0 Å². The molecule has 0 amide bonds. The van der Waals surface area contributed by atoms with Crippen molar-refractivity contribution in [3.05, 3.63) is 71.8 Å². The van der Waals surface area contributed by atoms with E-state index in [4.69, 9.17) is 14.6 Å². The summed E-state index contributed by atoms with van der Waals surface area (Å²) in [7, 11) is 5.07. The van der Waals surface area contributed by atoms with Crippen molar-refractivity contribution in [3.63, 3.8) is 0 Å². The van der Waals surface area contributed by atoms with Crippen LogP contribution in [0.3, 0.4) is 0 Å². The molecule has 2 heterocycles. The van der Waals surface area contributed by atoms with Crippen LogP contribution in [0.25, 0.3) is 0 Å². The Morgan fingerprint density at radius 2 is 1.88 bits per heavy atom. The number of carboxylic acids is 1. The molecule has 1 aliphatic heterocycles. The number of hydrogen-bond donors (Lipinski definition) is 2. The lowest BCUT2D eigenvalue weighted by molar-refractivity contribution is 0.0698. The van der Waals surface area contributed by atoms with Crippen LogP contribution in [0.2, 0.25) is 0 Å². The third-order valence-corrected chi connectivity index (χ3v) is 5.13. The van der Waals surface area contributed by atoms with Gasteiger partial charge in [-0.15, -0.1) is 0 Å². The predicted octanol–water partition coefficient (Wildman–Crippen LogP) is 5.77. The van der Waals surface area contributed by atoms with Gasteiger partial charge in [-0.1, -0.05) is 19.9 Å². The first-order valence-electron chi connectivity index (χ1n) is 11.1. The third-order valence-electron chi connectivity index (χ3n) is 5.13. The van der Waals surface area contributed by atoms with E-state index < -0.39 is 5.97 Å². The van der Waals surface area contributed by atoms with E-state index in [1.165, 1.54) is 37.2 Å². The Labute approximate surface area is 200 Å². The molecule has 0 saturated heterocycles. The number of anilines is 3. The number of nitrogens with zero attached hydrogens (tertiary/aromatic N) is 2. The number of halogens is 1. The molecule has 4 rings (SSSR count). The minimum atomic E-state index is -0.947. The van der Waals surface area contributed by atoms with Gasteiger partial charge in [0.05, 0.1) is 31.2 Å². The average Bonchev–Trinajstić information content (AvgIpc) is 2.89. The van der Waals surface area contributed by atoms with E-state index in [-0.39, 0.29) is 17.1 Å². The van der Waals surface area contributed by atoms with Crippen LogP contribution >= 0.6 is 0 Å². The van der Waals surface area contributed by atoms with E-state index in [0.29, 0.717) is 5.69 Å². The van der Waals surface area contributed by atoms with Gasteiger partial charge in [-0.2, -0.15) is 0 Å². The molecule has 0 aliphatic carbocycles. The number of rotatable bonds is 5. The van der Waals surface area contributed by atoms with Crippen molar-refractivity contribution in [1.82, 2.24) is 4.98 Å². The summed E-state index contributed by atoms with van der Waals surface area (Å²) in [6, 6.07) is 12.5. The highest BCUT2D eigenvalue weighted by Gasteiger charge is 2.14. The smallest absolute Gasteiger partial charge is 0.337 e. The van der Waals surface area contributed by atoms with E-state index in [1.807, 2.05) is 31.9 Å². The lowest BCUT2D eigenvalue weighted by Gasteiger charge is -2.23. The zero-order chi connectivity index (χ0) is 25.1. The highest BCUT2D eigenvalue weighted by molar-refractivity contribution is 5.93. The van der Waals surface area contributed by atoms with Crippen LogP contribution in [-0.4, -0.2) is 43.9 Å². The standard InChI is InChI=1S/C17H18FNO2.C7H8N2O2.C2H6/c1-19(14-7-8-15(18)17(11-14)20-2)13-6-5-12-4-3-9-21-16(12)10-13;1-8-6-4-9-3-2-5(6)7(10)11;1-2/h5-8,10-11H,3-4,9H2,1-2H3;2-4,8H,1H3,(H,10,11);1-2H3. The quantitative estimate of drug-likeness (QED) is 0.490. The minimum absolute atomic E-state index is 0.238. The molecule has 2 N–H and O–H groups in total. The minimum Gasteiger partial charge on any atom is -0.494 e. The molecule has 0 atom stereocenters. The molecule has 34 heavy (non-hydrogen) atoms. The number of aryl methyl sites for hydroxylation is 1. The Balaban J connectivity index is 0.000000266. The van der Waals surface area contributed by atoms with Gasteiger partial charge >= 0.3 is 5.97 Å². The van der Waals surface area contributed by atoms with Crippen LogP contribution in [0.1, 0.15) is 36.2 Å². The van der Waals surface area contributed by atoms with Crippen molar-refractivity contribution in [2.24, 2.45) is 0 Å². The Bertz CT molecular complexity index is 1090. The Morgan fingerprint density at radius 3 is 2.53 bits per heavy atom. The Kier molecular flexibility index (Phi) is 10.1. The highest BCUT2D eigenvalue weighted by atomic mass is 19.1. The van der Waals surface area contributed by atoms with Crippen molar-refractivity contribution in [3.8, 4) is 11.5 Å². The zero-order valence-corrected chi connectivity index (χ0v) is 20.3. The number of carboxylic acid groups (broad SMARTS) is 1. The molecule has 182 valence electrons. The van der Waals surface area contributed by atoms with Crippen molar-refractivity contribution < 1.29 is 23.8 Å². The van der Waals surface area contributed by atoms with Gasteiger partial charge in [-0.05, 0) is 42.7 Å². The lowest BCUT2D eigenvalue weighted by atomic mass is 10.1. The summed E-state index contributed by atoms with van der Waals surface area (Å²) in [4.78, 5) is 16.3. The molecule has 0 fully saturated rings. The molecule has 1 aromatic heterocycles. The molecule has 2 aromatic carbocycles. The second-order valence-corrected chi connectivity index (χ2v) is 7.10. The van der Waals surface area contributed by atoms with Gasteiger partial charge in [0.1, 0.15) is 5.75 Å². The molecule has 1 aliphatic rings. The number of hydrogen-bond acceptors (Lipinski definition) is 6. The fourth-order valence-electron chi connectivity index (χ4n) is 3.32. The number of benzene rings is 2. The summed E-state index contributed by atoms with van der Waals surface area (Å²) >= 11 is 0. The number of fused-ring (bicyclic) bond motifs is 1. The van der Waals surface area contributed by atoms with Crippen molar-refractivity contribution in [2.45, 2.75) is 26.7 Å². The molecular formula is C26H32FN3O4. The predicted molar refractivity (Wildman–Crippen MR) is 133 cm³/mol. The summed E-state index contributed by atoms with van der Waals surface area (Å²) in [6.45, 7) is 4.77. The van der Waals surface area contributed by atoms with Gasteiger partial charge in [-0.25, -0.2) is 9.18 Å². The first-order valence-corrected chi connectivity index (χ1v) is 11.1. The second-order valence-electron chi connectivity index (χ2n) is 7.10. The fraction of sp³-hybridized carbons (Fsp3) is 0.308. The Morgan fingerprint density at radius 1 is 1.18 bits per heavy atom. The van der Waals surface area contributed by atoms with Crippen LogP contribution in [0.4, 0.5) is 21.5 Å². The second kappa shape index (κ2) is 13.0. The number of ether oxygens (including phenoxy) is 2. The molecule has 0 spiro atoms. The van der Waals surface area contributed by atoms with Crippen LogP contribution in [0, 0.1) is 5.82 Å². The molecular weight excluding hydrogens is 437 g/mol. The van der Waals surface area contributed by atoms with Gasteiger partial charge in [0.15, 0.2) is 11.6 Å². The highest BCUT2D eigenvalue weighted by Crippen LogP contribution is 2.33. The van der Waals surface area contributed by atoms with Crippen LogP contribution in [-0.2, 0) is 6.42 Å². The van der Waals surface area contributed by atoms with Crippen molar-refractivity contribution in [1.29, 1.82) is 0 Å². The average molecular weight is 470 g/mol. The summed E-state index contributed by atoms with van der Waals surface area (Å²) in [5, 5.41) is 11.4. The van der Waals surface area contributed by atoms with Crippen LogP contribution < -0.4 is 19.7 Å². The summed E-state index contributed by atoms with van der Waals surface area (Å²) in [6.07, 6.45) is 5.05. The summed E-state index contributed by atoms with van der Waals surface area (Å²) in [5.41, 5.74) is 3.88. The molecule has 8 heteroatoms. The lowest BCUT2D eigenvalue weighted by Crippen LogP contribution is -2.12. The van der Waals surface area contributed by atoms with Crippen molar-refractivity contribution >= 4 is 23.0 Å². The Hall–Kier alpha value is -3.81. The van der Waals surface area contributed by atoms with Gasteiger partial charge in [0, 0.05) is 43.8 Å². The maximum absolute atomic E-state index is 13.5. The molecule has 0 radical (unpaired) electrons. The third kappa shape index (κ3) is 6.60. The largest absolute Gasteiger partial charge is 0.494 e. The number of carbonyl (C=O) groups is 1. The maximum atomic E-state index is 13.5. The number of aromatic carboxylic acids is 1. The number of aromatic nitrogens is 1. The van der Waals surface area contributed by atoms with E-state index in [2.05, 4.69) is 22.4 Å². The SMILES string of the molecule is CC.CNc1cnccc1C(=O)O.COc1cc(N(C)c2ccc3c(c2)OCCC3)ccc1F. The van der Waals surface area contributed by atoms with Crippen LogP contribution in [0.15, 0.2) is 54.9 Å². The monoisotopic (exact) mass is 469 g/mol. The molecule has 0 unspecified atom stereocenters. The molecule has 0 bridgehead atoms. The van der Waals surface area contributed by atoms with E-state index in [9.17, 15) is 9.18 Å².